The number of carboxylic acid groups (broad SMARTS) is 1. The monoisotopic (exact) mass is 368 g/mol. The molecule has 0 saturated heterocycles. The quantitative estimate of drug-likeness (QED) is 0.600. The van der Waals surface area contributed by atoms with Crippen molar-refractivity contribution < 1.29 is 19.7 Å². The summed E-state index contributed by atoms with van der Waals surface area (Å²) in [5.74, 6) is -0.699. The Morgan fingerprint density at radius 2 is 2.07 bits per heavy atom. The van der Waals surface area contributed by atoms with Crippen molar-refractivity contribution in [3.05, 3.63) is 75.7 Å². The predicted octanol–water partition coefficient (Wildman–Crippen LogP) is 3.13. The standard InChI is InChI=1S/C20H20N2O5/c1-22(21-26)10-4-7-16-15-6-3-2-5-14(15)12-27-18-9-8-13(11-17(16)18)19(23)20(24)25/h2-3,5-9,11,19,23H,4,10,12H2,1H3,(H,24,25)/b16-7-. The number of nitrogens with zero attached hydrogens (tertiary/aromatic N) is 2. The van der Waals surface area contributed by atoms with Gasteiger partial charge in [-0.25, -0.2) is 4.79 Å². The lowest BCUT2D eigenvalue weighted by Crippen LogP contribution is -2.11. The topological polar surface area (TPSA) is 99.4 Å². The predicted molar refractivity (Wildman–Crippen MR) is 99.9 cm³/mol. The van der Waals surface area contributed by atoms with Crippen molar-refractivity contribution in [1.82, 2.24) is 5.01 Å². The number of ether oxygens (including phenoxy) is 1. The zero-order valence-corrected chi connectivity index (χ0v) is 14.8. The van der Waals surface area contributed by atoms with Crippen LogP contribution in [0.4, 0.5) is 0 Å². The van der Waals surface area contributed by atoms with Crippen LogP contribution in [-0.2, 0) is 11.4 Å². The molecule has 1 heterocycles. The van der Waals surface area contributed by atoms with Crippen LogP contribution in [0, 0.1) is 4.91 Å². The van der Waals surface area contributed by atoms with E-state index in [0.29, 0.717) is 30.9 Å². The van der Waals surface area contributed by atoms with Gasteiger partial charge in [-0.05, 0) is 40.8 Å². The molecule has 27 heavy (non-hydrogen) atoms. The van der Waals surface area contributed by atoms with Crippen LogP contribution in [-0.4, -0.2) is 34.8 Å². The van der Waals surface area contributed by atoms with E-state index in [1.807, 2.05) is 30.3 Å². The molecule has 2 N–H and O–H groups in total. The van der Waals surface area contributed by atoms with Crippen LogP contribution in [0.15, 0.2) is 53.8 Å². The van der Waals surface area contributed by atoms with Crippen molar-refractivity contribution in [2.24, 2.45) is 5.29 Å². The first kappa shape index (κ1) is 18.6. The SMILES string of the molecule is CN(CC/C=C1/c2ccccc2COc2ccc(C(O)C(=O)O)cc21)N=O. The van der Waals surface area contributed by atoms with Crippen molar-refractivity contribution >= 4 is 11.5 Å². The van der Waals surface area contributed by atoms with Gasteiger partial charge in [-0.1, -0.05) is 36.4 Å². The Morgan fingerprint density at radius 1 is 1.30 bits per heavy atom. The van der Waals surface area contributed by atoms with E-state index in [9.17, 15) is 14.8 Å². The highest BCUT2D eigenvalue weighted by Crippen LogP contribution is 2.38. The summed E-state index contributed by atoms with van der Waals surface area (Å²) < 4.78 is 5.90. The van der Waals surface area contributed by atoms with Gasteiger partial charge in [0.05, 0.1) is 5.29 Å². The lowest BCUT2D eigenvalue weighted by Gasteiger charge is -2.14. The van der Waals surface area contributed by atoms with E-state index in [4.69, 9.17) is 9.84 Å². The summed E-state index contributed by atoms with van der Waals surface area (Å²) in [6, 6.07) is 12.7. The van der Waals surface area contributed by atoms with Crippen LogP contribution in [0.2, 0.25) is 0 Å². The number of carbonyl (C=O) groups is 1. The molecular weight excluding hydrogens is 348 g/mol. The summed E-state index contributed by atoms with van der Waals surface area (Å²) in [5, 5.41) is 23.2. The third-order valence-corrected chi connectivity index (χ3v) is 4.47. The number of aliphatic carboxylic acids is 1. The van der Waals surface area contributed by atoms with Crippen molar-refractivity contribution in [2.45, 2.75) is 19.1 Å². The maximum Gasteiger partial charge on any atom is 0.337 e. The molecule has 1 aliphatic heterocycles. The van der Waals surface area contributed by atoms with Gasteiger partial charge in [0, 0.05) is 19.2 Å². The molecule has 7 nitrogen and oxygen atoms in total. The minimum atomic E-state index is -1.61. The maximum atomic E-state index is 11.2. The lowest BCUT2D eigenvalue weighted by atomic mass is 9.92. The van der Waals surface area contributed by atoms with E-state index in [2.05, 4.69) is 5.29 Å². The first-order valence-electron chi connectivity index (χ1n) is 8.52. The van der Waals surface area contributed by atoms with Crippen LogP contribution in [0.5, 0.6) is 5.75 Å². The number of aliphatic hydroxyl groups excluding tert-OH is 1. The Labute approximate surface area is 156 Å². The highest BCUT2D eigenvalue weighted by Gasteiger charge is 2.22. The molecule has 0 aliphatic carbocycles. The number of hydrogen-bond acceptors (Lipinski definition) is 5. The van der Waals surface area contributed by atoms with E-state index < -0.39 is 12.1 Å². The van der Waals surface area contributed by atoms with E-state index in [-0.39, 0.29) is 5.56 Å². The fourth-order valence-corrected chi connectivity index (χ4v) is 3.06. The molecule has 0 radical (unpaired) electrons. The van der Waals surface area contributed by atoms with Gasteiger partial charge >= 0.3 is 5.97 Å². The number of carboxylic acids is 1. The zero-order valence-electron chi connectivity index (χ0n) is 14.8. The number of aliphatic hydroxyl groups is 1. The lowest BCUT2D eigenvalue weighted by molar-refractivity contribution is -0.146. The Kier molecular flexibility index (Phi) is 5.52. The maximum absolute atomic E-state index is 11.2. The number of hydrogen-bond donors (Lipinski definition) is 2. The summed E-state index contributed by atoms with van der Waals surface area (Å²) in [4.78, 5) is 21.7. The van der Waals surface area contributed by atoms with Gasteiger partial charge in [0.25, 0.3) is 0 Å². The number of benzene rings is 2. The number of rotatable bonds is 6. The largest absolute Gasteiger partial charge is 0.488 e. The molecule has 0 amide bonds. The summed E-state index contributed by atoms with van der Waals surface area (Å²) in [6.45, 7) is 0.833. The van der Waals surface area contributed by atoms with E-state index in [1.54, 1.807) is 25.2 Å². The average Bonchev–Trinajstić information content (AvgIpc) is 2.84. The normalized spacial score (nSPS) is 15.1. The van der Waals surface area contributed by atoms with Crippen molar-refractivity contribution in [1.29, 1.82) is 0 Å². The third-order valence-electron chi connectivity index (χ3n) is 4.47. The highest BCUT2D eigenvalue weighted by molar-refractivity contribution is 5.86. The molecule has 0 fully saturated rings. The van der Waals surface area contributed by atoms with Crippen LogP contribution in [0.25, 0.3) is 5.57 Å². The fraction of sp³-hybridized carbons (Fsp3) is 0.250. The second kappa shape index (κ2) is 8.01. The van der Waals surface area contributed by atoms with Crippen LogP contribution in [0.3, 0.4) is 0 Å². The number of nitroso groups, excluding NO2 is 1. The molecule has 1 aliphatic rings. The van der Waals surface area contributed by atoms with Gasteiger partial charge < -0.3 is 14.9 Å². The Bertz CT molecular complexity index is 894. The first-order valence-corrected chi connectivity index (χ1v) is 8.52. The molecular formula is C20H20N2O5. The van der Waals surface area contributed by atoms with E-state index in [1.165, 1.54) is 5.01 Å². The Balaban J connectivity index is 2.09. The molecule has 2 aromatic carbocycles. The average molecular weight is 368 g/mol. The highest BCUT2D eigenvalue weighted by atomic mass is 16.5. The van der Waals surface area contributed by atoms with Crippen molar-refractivity contribution in [3.8, 4) is 5.75 Å². The Morgan fingerprint density at radius 3 is 2.81 bits per heavy atom. The molecule has 1 unspecified atom stereocenters. The van der Waals surface area contributed by atoms with E-state index in [0.717, 1.165) is 16.7 Å². The summed E-state index contributed by atoms with van der Waals surface area (Å²) in [5.41, 5.74) is 3.83. The van der Waals surface area contributed by atoms with Gasteiger partial charge in [0.15, 0.2) is 6.10 Å². The molecule has 140 valence electrons. The smallest absolute Gasteiger partial charge is 0.337 e. The van der Waals surface area contributed by atoms with E-state index >= 15 is 0 Å². The van der Waals surface area contributed by atoms with Crippen LogP contribution >= 0.6 is 0 Å². The molecule has 7 heteroatoms. The van der Waals surface area contributed by atoms with Gasteiger partial charge in [-0.3, -0.25) is 5.01 Å². The Hall–Kier alpha value is -3.19. The minimum Gasteiger partial charge on any atom is -0.488 e. The summed E-state index contributed by atoms with van der Waals surface area (Å²) in [7, 11) is 1.60. The number of fused-ring (bicyclic) bond motifs is 2. The summed E-state index contributed by atoms with van der Waals surface area (Å²) in [6.07, 6.45) is 0.933. The van der Waals surface area contributed by atoms with Gasteiger partial charge in [-0.2, -0.15) is 0 Å². The fourth-order valence-electron chi connectivity index (χ4n) is 3.06. The van der Waals surface area contributed by atoms with Crippen molar-refractivity contribution in [3.63, 3.8) is 0 Å². The van der Waals surface area contributed by atoms with Crippen LogP contribution < -0.4 is 4.74 Å². The molecule has 1 atom stereocenters. The molecule has 2 aromatic rings. The van der Waals surface area contributed by atoms with Crippen LogP contribution in [0.1, 0.15) is 34.8 Å². The molecule has 0 spiro atoms. The second-order valence-electron chi connectivity index (χ2n) is 6.31. The third kappa shape index (κ3) is 3.98. The zero-order chi connectivity index (χ0) is 19.4. The molecule has 3 rings (SSSR count). The van der Waals surface area contributed by atoms with Gasteiger partial charge in [-0.15, -0.1) is 4.91 Å². The van der Waals surface area contributed by atoms with Gasteiger partial charge in [0.2, 0.25) is 0 Å². The molecule has 0 bridgehead atoms. The molecule has 0 aromatic heterocycles. The summed E-state index contributed by atoms with van der Waals surface area (Å²) >= 11 is 0. The van der Waals surface area contributed by atoms with Gasteiger partial charge in [0.1, 0.15) is 12.4 Å². The first-order chi connectivity index (χ1) is 13.0. The second-order valence-corrected chi connectivity index (χ2v) is 6.31. The molecule has 0 saturated carbocycles. The van der Waals surface area contributed by atoms with Crippen molar-refractivity contribution in [2.75, 3.05) is 13.6 Å². The minimum absolute atomic E-state index is 0.279.